The Balaban J connectivity index is 2.04. The van der Waals surface area contributed by atoms with E-state index < -0.39 is 0 Å². The van der Waals surface area contributed by atoms with Gasteiger partial charge in [-0.15, -0.1) is 0 Å². The first kappa shape index (κ1) is 12.3. The molecule has 0 bridgehead atoms. The van der Waals surface area contributed by atoms with E-state index in [4.69, 9.17) is 6.42 Å². The van der Waals surface area contributed by atoms with Crippen molar-refractivity contribution in [3.8, 4) is 23.6 Å². The van der Waals surface area contributed by atoms with E-state index >= 15 is 0 Å². The van der Waals surface area contributed by atoms with Gasteiger partial charge in [0.2, 0.25) is 0 Å². The number of pyridine rings is 1. The molecule has 2 heterocycles. The van der Waals surface area contributed by atoms with Crippen molar-refractivity contribution in [2.45, 2.75) is 0 Å². The number of fused-ring (bicyclic) bond motifs is 1. The Kier molecular flexibility index (Phi) is 2.92. The summed E-state index contributed by atoms with van der Waals surface area (Å²) in [6, 6.07) is 15.1. The van der Waals surface area contributed by atoms with Gasteiger partial charge in [0, 0.05) is 49.2 Å². The molecule has 0 saturated carbocycles. The molecule has 0 radical (unpaired) electrons. The van der Waals surface area contributed by atoms with Crippen LogP contribution >= 0.6 is 0 Å². The first-order chi connectivity index (χ1) is 9.69. The summed E-state index contributed by atoms with van der Waals surface area (Å²) in [5.74, 6) is 0. The van der Waals surface area contributed by atoms with Crippen molar-refractivity contribution >= 4 is 16.7 Å². The Morgan fingerprint density at radius 1 is 1.10 bits per heavy atom. The highest BCUT2D eigenvalue weighted by Gasteiger charge is 2.04. The molecule has 20 heavy (non-hydrogen) atoms. The fraction of sp³-hybridized carbons (Fsp3) is 0.118. The molecule has 3 heteroatoms. The lowest BCUT2D eigenvalue weighted by atomic mass is 10.1. The van der Waals surface area contributed by atoms with Gasteiger partial charge in [-0.2, -0.15) is 0 Å². The Morgan fingerprint density at radius 3 is 2.50 bits per heavy atom. The highest BCUT2D eigenvalue weighted by Crippen LogP contribution is 2.25. The van der Waals surface area contributed by atoms with Gasteiger partial charge in [0.25, 0.3) is 0 Å². The van der Waals surface area contributed by atoms with E-state index in [0.29, 0.717) is 0 Å². The monoisotopic (exact) mass is 261 g/mol. The average Bonchev–Trinajstić information content (AvgIpc) is 2.89. The Bertz CT molecular complexity index is 789. The van der Waals surface area contributed by atoms with E-state index in [9.17, 15) is 0 Å². The van der Waals surface area contributed by atoms with Crippen molar-refractivity contribution in [1.82, 2.24) is 9.55 Å². The summed E-state index contributed by atoms with van der Waals surface area (Å²) in [6.45, 7) is 0. The number of anilines is 1. The summed E-state index contributed by atoms with van der Waals surface area (Å²) in [6.07, 6.45) is 9.14. The van der Waals surface area contributed by atoms with Crippen LogP contribution in [-0.2, 0) is 0 Å². The first-order valence-electron chi connectivity index (χ1n) is 6.40. The van der Waals surface area contributed by atoms with Crippen LogP contribution in [0.1, 0.15) is 0 Å². The van der Waals surface area contributed by atoms with E-state index in [0.717, 1.165) is 22.2 Å². The standard InChI is InChI=1S/C17H15N3/c1-4-20-10-9-14-11-15(12-18-17(14)20)13-5-7-16(8-6-13)19(2)3/h1,5-12H,2-3H3. The molecule has 98 valence electrons. The maximum atomic E-state index is 5.42. The minimum atomic E-state index is 0.821. The van der Waals surface area contributed by atoms with Crippen LogP contribution in [0.3, 0.4) is 0 Å². The molecule has 0 atom stereocenters. The number of rotatable bonds is 2. The van der Waals surface area contributed by atoms with Crippen LogP contribution < -0.4 is 4.90 Å². The molecule has 1 aromatic carbocycles. The maximum Gasteiger partial charge on any atom is 0.151 e. The maximum absolute atomic E-state index is 5.42. The van der Waals surface area contributed by atoms with Gasteiger partial charge in [-0.3, -0.25) is 4.57 Å². The van der Waals surface area contributed by atoms with Crippen LogP contribution in [0, 0.1) is 12.5 Å². The Labute approximate surface area is 118 Å². The van der Waals surface area contributed by atoms with Crippen molar-refractivity contribution in [3.63, 3.8) is 0 Å². The zero-order chi connectivity index (χ0) is 14.1. The zero-order valence-electron chi connectivity index (χ0n) is 11.5. The van der Waals surface area contributed by atoms with Gasteiger partial charge >= 0.3 is 0 Å². The third-order valence-electron chi connectivity index (χ3n) is 3.38. The van der Waals surface area contributed by atoms with E-state index in [-0.39, 0.29) is 0 Å². The molecule has 0 unspecified atom stereocenters. The largest absolute Gasteiger partial charge is 0.378 e. The Morgan fingerprint density at radius 2 is 1.85 bits per heavy atom. The second-order valence-electron chi connectivity index (χ2n) is 4.89. The van der Waals surface area contributed by atoms with Gasteiger partial charge < -0.3 is 4.90 Å². The molecule has 0 saturated heterocycles. The van der Waals surface area contributed by atoms with E-state index in [1.54, 1.807) is 4.57 Å². The molecule has 3 nitrogen and oxygen atoms in total. The minimum absolute atomic E-state index is 0.821. The molecule has 0 spiro atoms. The van der Waals surface area contributed by atoms with Gasteiger partial charge in [0.1, 0.15) is 0 Å². The number of hydrogen-bond donors (Lipinski definition) is 0. The lowest BCUT2D eigenvalue weighted by Gasteiger charge is -2.12. The minimum Gasteiger partial charge on any atom is -0.378 e. The summed E-state index contributed by atoms with van der Waals surface area (Å²) in [4.78, 5) is 6.54. The smallest absolute Gasteiger partial charge is 0.151 e. The van der Waals surface area contributed by atoms with Gasteiger partial charge in [0.05, 0.1) is 0 Å². The normalized spacial score (nSPS) is 10.4. The quantitative estimate of drug-likeness (QED) is 0.660. The summed E-state index contributed by atoms with van der Waals surface area (Å²) < 4.78 is 1.69. The molecule has 2 aromatic heterocycles. The number of hydrogen-bond acceptors (Lipinski definition) is 2. The number of terminal acetylenes is 1. The van der Waals surface area contributed by atoms with Crippen molar-refractivity contribution in [2.24, 2.45) is 0 Å². The molecule has 0 fully saturated rings. The first-order valence-corrected chi connectivity index (χ1v) is 6.40. The van der Waals surface area contributed by atoms with Crippen molar-refractivity contribution in [2.75, 3.05) is 19.0 Å². The van der Waals surface area contributed by atoms with Crippen LogP contribution in [0.15, 0.2) is 48.8 Å². The predicted molar refractivity (Wildman–Crippen MR) is 83.7 cm³/mol. The molecular weight excluding hydrogens is 246 g/mol. The predicted octanol–water partition coefficient (Wildman–Crippen LogP) is 3.21. The number of nitrogens with zero attached hydrogens (tertiary/aromatic N) is 3. The molecule has 3 aromatic rings. The summed E-state index contributed by atoms with van der Waals surface area (Å²) in [7, 11) is 4.07. The molecule has 0 aliphatic heterocycles. The zero-order valence-corrected chi connectivity index (χ0v) is 11.5. The van der Waals surface area contributed by atoms with Gasteiger partial charge in [0.15, 0.2) is 5.65 Å². The van der Waals surface area contributed by atoms with Crippen LogP contribution in [-0.4, -0.2) is 23.6 Å². The van der Waals surface area contributed by atoms with Crippen molar-refractivity contribution < 1.29 is 0 Å². The molecule has 0 amide bonds. The van der Waals surface area contributed by atoms with Gasteiger partial charge in [-0.25, -0.2) is 4.98 Å². The number of benzene rings is 1. The molecule has 3 rings (SSSR count). The second kappa shape index (κ2) is 4.75. The van der Waals surface area contributed by atoms with Gasteiger partial charge in [-0.05, 0) is 29.8 Å². The highest BCUT2D eigenvalue weighted by atomic mass is 15.1. The summed E-state index contributed by atoms with van der Waals surface area (Å²) in [5, 5.41) is 1.05. The average molecular weight is 261 g/mol. The van der Waals surface area contributed by atoms with Crippen molar-refractivity contribution in [3.05, 3.63) is 48.8 Å². The molecule has 0 N–H and O–H groups in total. The van der Waals surface area contributed by atoms with E-state index in [2.05, 4.69) is 46.3 Å². The highest BCUT2D eigenvalue weighted by molar-refractivity contribution is 5.82. The summed E-state index contributed by atoms with van der Waals surface area (Å²) >= 11 is 0. The molecular formula is C17H15N3. The Hall–Kier alpha value is -2.73. The SMILES string of the molecule is C#Cn1ccc2cc(-c3ccc(N(C)C)cc3)cnc21. The molecule has 0 aliphatic carbocycles. The van der Waals surface area contributed by atoms with Crippen LogP contribution in [0.4, 0.5) is 5.69 Å². The summed E-state index contributed by atoms with van der Waals surface area (Å²) in [5.41, 5.74) is 4.25. The number of aromatic nitrogens is 2. The van der Waals surface area contributed by atoms with E-state index in [1.165, 1.54) is 5.69 Å². The lowest BCUT2D eigenvalue weighted by Crippen LogP contribution is -2.07. The lowest BCUT2D eigenvalue weighted by molar-refractivity contribution is 1.13. The van der Waals surface area contributed by atoms with Gasteiger partial charge in [-0.1, -0.05) is 18.6 Å². The molecule has 0 aliphatic rings. The second-order valence-corrected chi connectivity index (χ2v) is 4.89. The fourth-order valence-corrected chi connectivity index (χ4v) is 2.24. The van der Waals surface area contributed by atoms with Crippen LogP contribution in [0.5, 0.6) is 0 Å². The van der Waals surface area contributed by atoms with Crippen LogP contribution in [0.2, 0.25) is 0 Å². The third-order valence-corrected chi connectivity index (χ3v) is 3.38. The fourth-order valence-electron chi connectivity index (χ4n) is 2.24. The van der Waals surface area contributed by atoms with Crippen LogP contribution in [0.25, 0.3) is 22.2 Å². The topological polar surface area (TPSA) is 21.1 Å². The van der Waals surface area contributed by atoms with Crippen molar-refractivity contribution in [1.29, 1.82) is 0 Å². The van der Waals surface area contributed by atoms with E-state index in [1.807, 2.05) is 32.6 Å². The third kappa shape index (κ3) is 2.02.